The monoisotopic (exact) mass is 472 g/mol. The van der Waals surface area contributed by atoms with E-state index in [0.29, 0.717) is 48.2 Å². The predicted octanol–water partition coefficient (Wildman–Crippen LogP) is 3.66. The van der Waals surface area contributed by atoms with E-state index in [4.69, 9.17) is 8.83 Å². The topological polar surface area (TPSA) is 104 Å². The van der Waals surface area contributed by atoms with E-state index in [1.807, 2.05) is 57.2 Å². The van der Waals surface area contributed by atoms with Gasteiger partial charge in [0.25, 0.3) is 0 Å². The molecule has 0 saturated carbocycles. The van der Waals surface area contributed by atoms with E-state index in [1.165, 1.54) is 0 Å². The largest absolute Gasteiger partial charge is 0.550 e. The summed E-state index contributed by atoms with van der Waals surface area (Å²) in [5.74, 6) is -1.04. The van der Waals surface area contributed by atoms with Crippen LogP contribution in [0.15, 0.2) is 50.0 Å². The Kier molecular flexibility index (Phi) is 5.71. The Morgan fingerprint density at radius 2 is 1.63 bits per heavy atom. The number of carbonyl (C=O) groups is 2. The number of hydrogen-bond acceptors (Lipinski definition) is 6. The van der Waals surface area contributed by atoms with E-state index >= 15 is 0 Å². The molecule has 35 heavy (non-hydrogen) atoms. The average molecular weight is 473 g/mol. The third-order valence-corrected chi connectivity index (χ3v) is 7.20. The van der Waals surface area contributed by atoms with Crippen LogP contribution in [0, 0.1) is 26.7 Å². The fraction of sp³-hybridized carbons (Fsp3) is 0.321. The standard InChI is InChI=1S/C28H27NO6/c1-15-20-13-22-24(18-7-5-4-6-8-18)17(3)34-26(22)16(2)25(20)35-28(33)21(15)14-23(30)29-11-9-19(10-12-29)27(31)32/h4-8,13,19H,9-12,14H2,1-3H3,(H,31,32)/p-1. The fourth-order valence-corrected chi connectivity index (χ4v) is 5.17. The lowest BCUT2D eigenvalue weighted by Crippen LogP contribution is -2.44. The number of aliphatic carboxylic acids is 1. The van der Waals surface area contributed by atoms with E-state index in [9.17, 15) is 19.5 Å². The van der Waals surface area contributed by atoms with Crippen molar-refractivity contribution < 1.29 is 23.5 Å². The van der Waals surface area contributed by atoms with E-state index in [-0.39, 0.29) is 12.3 Å². The van der Waals surface area contributed by atoms with E-state index < -0.39 is 17.5 Å². The summed E-state index contributed by atoms with van der Waals surface area (Å²) in [6.07, 6.45) is 0.629. The second kappa shape index (κ2) is 8.73. The lowest BCUT2D eigenvalue weighted by Gasteiger charge is -2.32. The number of piperidine rings is 1. The van der Waals surface area contributed by atoms with Gasteiger partial charge < -0.3 is 23.6 Å². The van der Waals surface area contributed by atoms with Crippen LogP contribution in [0.5, 0.6) is 0 Å². The number of furan rings is 1. The van der Waals surface area contributed by atoms with E-state index in [0.717, 1.165) is 33.2 Å². The molecule has 7 nitrogen and oxygen atoms in total. The van der Waals surface area contributed by atoms with Crippen molar-refractivity contribution in [2.75, 3.05) is 13.1 Å². The Morgan fingerprint density at radius 3 is 2.29 bits per heavy atom. The van der Waals surface area contributed by atoms with Gasteiger partial charge in [-0.2, -0.15) is 0 Å². The van der Waals surface area contributed by atoms with Gasteiger partial charge in [0.2, 0.25) is 5.91 Å². The number of nitrogens with zero attached hydrogens (tertiary/aromatic N) is 1. The molecule has 7 heteroatoms. The van der Waals surface area contributed by atoms with Crippen molar-refractivity contribution in [3.63, 3.8) is 0 Å². The second-order valence-electron chi connectivity index (χ2n) is 9.30. The molecule has 4 aromatic rings. The zero-order chi connectivity index (χ0) is 24.9. The van der Waals surface area contributed by atoms with E-state index in [2.05, 4.69) is 0 Å². The summed E-state index contributed by atoms with van der Waals surface area (Å²) in [6.45, 7) is 6.30. The highest BCUT2D eigenvalue weighted by Crippen LogP contribution is 2.39. The van der Waals surface area contributed by atoms with Crippen molar-refractivity contribution in [2.45, 2.75) is 40.0 Å². The third kappa shape index (κ3) is 3.91. The molecule has 0 spiro atoms. The van der Waals surface area contributed by atoms with Crippen LogP contribution in [-0.2, 0) is 16.0 Å². The van der Waals surface area contributed by atoms with Crippen molar-refractivity contribution >= 4 is 33.8 Å². The highest BCUT2D eigenvalue weighted by Gasteiger charge is 2.26. The van der Waals surface area contributed by atoms with Crippen LogP contribution in [0.25, 0.3) is 33.1 Å². The summed E-state index contributed by atoms with van der Waals surface area (Å²) < 4.78 is 11.8. The molecule has 180 valence electrons. The highest BCUT2D eigenvalue weighted by atomic mass is 16.4. The molecule has 0 bridgehead atoms. The summed E-state index contributed by atoms with van der Waals surface area (Å²) in [5.41, 5.74) is 4.39. The number of carboxylic acid groups (broad SMARTS) is 1. The van der Waals surface area contributed by atoms with Gasteiger partial charge in [0.15, 0.2) is 0 Å². The SMILES string of the molecule is Cc1oc2c(C)c3oc(=O)c(CC(=O)N4CCC(C(=O)[O-])CC4)c(C)c3cc2c1-c1ccccc1. The minimum atomic E-state index is -1.07. The van der Waals surface area contributed by atoms with Crippen LogP contribution < -0.4 is 10.7 Å². The molecule has 0 N–H and O–H groups in total. The quantitative estimate of drug-likeness (QED) is 0.420. The van der Waals surface area contributed by atoms with Crippen molar-refractivity contribution in [3.05, 3.63) is 69.3 Å². The number of amides is 1. The molecule has 0 radical (unpaired) electrons. The van der Waals surface area contributed by atoms with Crippen LogP contribution in [0.1, 0.15) is 35.3 Å². The summed E-state index contributed by atoms with van der Waals surface area (Å²) in [5, 5.41) is 12.8. The maximum absolute atomic E-state index is 13.0. The van der Waals surface area contributed by atoms with Crippen molar-refractivity contribution in [1.82, 2.24) is 4.90 Å². The maximum atomic E-state index is 13.0. The molecular formula is C28H26NO6-. The Morgan fingerprint density at radius 1 is 0.971 bits per heavy atom. The van der Waals surface area contributed by atoms with Gasteiger partial charge in [-0.05, 0) is 50.8 Å². The average Bonchev–Trinajstić information content (AvgIpc) is 3.19. The normalized spacial score (nSPS) is 14.7. The molecule has 0 atom stereocenters. The van der Waals surface area contributed by atoms with Crippen LogP contribution in [-0.4, -0.2) is 29.9 Å². The number of aryl methyl sites for hydroxylation is 3. The third-order valence-electron chi connectivity index (χ3n) is 7.20. The van der Waals surface area contributed by atoms with Gasteiger partial charge in [0.05, 0.1) is 12.0 Å². The molecule has 2 aromatic carbocycles. The summed E-state index contributed by atoms with van der Waals surface area (Å²) in [4.78, 5) is 38.6. The predicted molar refractivity (Wildman–Crippen MR) is 130 cm³/mol. The van der Waals surface area contributed by atoms with Crippen LogP contribution >= 0.6 is 0 Å². The highest BCUT2D eigenvalue weighted by molar-refractivity contribution is 6.06. The number of likely N-dealkylation sites (tertiary alicyclic amines) is 1. The minimum Gasteiger partial charge on any atom is -0.550 e. The molecule has 1 aliphatic heterocycles. The Bertz CT molecular complexity index is 1520. The first kappa shape index (κ1) is 22.9. The van der Waals surface area contributed by atoms with Crippen molar-refractivity contribution in [3.8, 4) is 11.1 Å². The summed E-state index contributed by atoms with van der Waals surface area (Å²) in [6, 6.07) is 12.0. The zero-order valence-electron chi connectivity index (χ0n) is 20.0. The smallest absolute Gasteiger partial charge is 0.340 e. The first-order chi connectivity index (χ1) is 16.8. The van der Waals surface area contributed by atoms with E-state index in [1.54, 1.807) is 4.90 Å². The van der Waals surface area contributed by atoms with Crippen LogP contribution in [0.4, 0.5) is 0 Å². The summed E-state index contributed by atoms with van der Waals surface area (Å²) in [7, 11) is 0. The number of benzene rings is 2. The molecule has 0 unspecified atom stereocenters. The zero-order valence-corrected chi connectivity index (χ0v) is 20.0. The number of hydrogen-bond donors (Lipinski definition) is 0. The Hall–Kier alpha value is -3.87. The van der Waals surface area contributed by atoms with Crippen molar-refractivity contribution in [1.29, 1.82) is 0 Å². The van der Waals surface area contributed by atoms with Crippen LogP contribution in [0.3, 0.4) is 0 Å². The van der Waals surface area contributed by atoms with Gasteiger partial charge in [-0.25, -0.2) is 4.79 Å². The molecule has 1 saturated heterocycles. The van der Waals surface area contributed by atoms with Gasteiger partial charge in [-0.15, -0.1) is 0 Å². The molecule has 2 aromatic heterocycles. The number of carboxylic acids is 1. The van der Waals surface area contributed by atoms with Gasteiger partial charge in [0, 0.05) is 46.9 Å². The van der Waals surface area contributed by atoms with Gasteiger partial charge in [0.1, 0.15) is 16.9 Å². The molecule has 1 aliphatic rings. The number of fused-ring (bicyclic) bond motifs is 2. The maximum Gasteiger partial charge on any atom is 0.340 e. The Labute approximate surface area is 201 Å². The number of rotatable bonds is 4. The fourth-order valence-electron chi connectivity index (χ4n) is 5.17. The number of carbonyl (C=O) groups excluding carboxylic acids is 2. The first-order valence-corrected chi connectivity index (χ1v) is 11.8. The molecule has 1 amide bonds. The van der Waals surface area contributed by atoms with Gasteiger partial charge in [-0.3, -0.25) is 4.79 Å². The van der Waals surface area contributed by atoms with Gasteiger partial charge >= 0.3 is 5.63 Å². The lowest BCUT2D eigenvalue weighted by atomic mass is 9.95. The van der Waals surface area contributed by atoms with Crippen molar-refractivity contribution in [2.24, 2.45) is 5.92 Å². The molecular weight excluding hydrogens is 446 g/mol. The van der Waals surface area contributed by atoms with Crippen LogP contribution in [0.2, 0.25) is 0 Å². The molecule has 3 heterocycles. The Balaban J connectivity index is 1.57. The van der Waals surface area contributed by atoms with Gasteiger partial charge in [-0.1, -0.05) is 30.3 Å². The molecule has 1 fully saturated rings. The lowest BCUT2D eigenvalue weighted by molar-refractivity contribution is -0.312. The molecule has 5 rings (SSSR count). The minimum absolute atomic E-state index is 0.0901. The summed E-state index contributed by atoms with van der Waals surface area (Å²) >= 11 is 0. The molecule has 0 aliphatic carbocycles. The first-order valence-electron chi connectivity index (χ1n) is 11.8. The second-order valence-corrected chi connectivity index (χ2v) is 9.30.